The molecule has 26 heteroatoms. The quantitative estimate of drug-likeness (QED) is 0.0333. The number of aliphatic hydroxyl groups is 4. The summed E-state index contributed by atoms with van der Waals surface area (Å²) in [5.74, 6) is 8.95. The number of hydrogen-bond donors (Lipinski definition) is 11. The normalized spacial score (nSPS) is 12.5. The predicted octanol–water partition coefficient (Wildman–Crippen LogP) is -2.51. The molecule has 2 heterocycles. The Labute approximate surface area is 288 Å². The number of benzene rings is 1. The van der Waals surface area contributed by atoms with Gasteiger partial charge in [-0.1, -0.05) is 12.6 Å². The standard InChI is InChI=1S/C24H38N14O10S2/c1-15(49(43)48-46-25)28-20-33-21(35-22(34-20)31-18(14-42)5-9-39)29-16-3-2-4-17(13-16)30-23-32-19(27-6-12-50(44,45)47-26)36-24(37-23)38(7-10-40)8-11-41/h2-4,13,18,39-42H,1,5-12,14,25-26H2,(H2,27,30,32,36,37)(H3,28,29,31,33,34,35). The van der Waals surface area contributed by atoms with Gasteiger partial charge in [-0.05, 0) is 24.6 Å². The Morgan fingerprint density at radius 3 is 2.10 bits per heavy atom. The molecule has 0 amide bonds. The third kappa shape index (κ3) is 13.1. The first-order valence-electron chi connectivity index (χ1n) is 14.4. The Hall–Kier alpha value is -4.48. The summed E-state index contributed by atoms with van der Waals surface area (Å²) in [4.78, 5) is 31.1. The van der Waals surface area contributed by atoms with E-state index in [0.29, 0.717) is 11.4 Å². The van der Waals surface area contributed by atoms with Crippen molar-refractivity contribution in [2.45, 2.75) is 12.5 Å². The molecule has 0 aliphatic heterocycles. The third-order valence-corrected chi connectivity index (χ3v) is 7.73. The summed E-state index contributed by atoms with van der Waals surface area (Å²) in [6.07, 6.45) is 0.175. The van der Waals surface area contributed by atoms with E-state index in [1.807, 2.05) is 0 Å². The van der Waals surface area contributed by atoms with Gasteiger partial charge in [0.25, 0.3) is 10.1 Å². The maximum Gasteiger partial charge on any atom is 0.284 e. The van der Waals surface area contributed by atoms with Crippen LogP contribution in [0.5, 0.6) is 0 Å². The number of aliphatic hydroxyl groups excluding tert-OH is 4. The molecule has 0 aliphatic rings. The summed E-state index contributed by atoms with van der Waals surface area (Å²) in [7, 11) is -3.98. The number of nitrogens with one attached hydrogen (secondary N) is 5. The molecule has 0 bridgehead atoms. The highest BCUT2D eigenvalue weighted by Crippen LogP contribution is 2.23. The van der Waals surface area contributed by atoms with Gasteiger partial charge >= 0.3 is 0 Å². The second kappa shape index (κ2) is 20.3. The van der Waals surface area contributed by atoms with Gasteiger partial charge in [0.2, 0.25) is 46.8 Å². The molecule has 2 atom stereocenters. The maximum atomic E-state index is 12.0. The van der Waals surface area contributed by atoms with Crippen LogP contribution in [0.2, 0.25) is 0 Å². The zero-order chi connectivity index (χ0) is 36.5. The lowest BCUT2D eigenvalue weighted by atomic mass is 10.2. The molecule has 50 heavy (non-hydrogen) atoms. The van der Waals surface area contributed by atoms with Crippen LogP contribution in [0, 0.1) is 0 Å². The Kier molecular flexibility index (Phi) is 16.2. The first-order valence-corrected chi connectivity index (χ1v) is 17.1. The number of hydrogen-bond acceptors (Lipinski definition) is 24. The molecule has 13 N–H and O–H groups in total. The minimum absolute atomic E-state index is 0.0146. The van der Waals surface area contributed by atoms with E-state index in [1.54, 1.807) is 24.3 Å². The lowest BCUT2D eigenvalue weighted by Gasteiger charge is -2.21. The molecule has 0 saturated heterocycles. The molecular formula is C24H38N14O10S2. The van der Waals surface area contributed by atoms with E-state index < -0.39 is 33.0 Å². The molecule has 276 valence electrons. The molecule has 2 aromatic heterocycles. The van der Waals surface area contributed by atoms with E-state index in [9.17, 15) is 33.1 Å². The average molecular weight is 747 g/mol. The molecule has 3 aromatic rings. The lowest BCUT2D eigenvalue weighted by molar-refractivity contribution is -0.200. The van der Waals surface area contributed by atoms with Crippen LogP contribution in [0.25, 0.3) is 0 Å². The number of aromatic nitrogens is 6. The molecule has 2 unspecified atom stereocenters. The van der Waals surface area contributed by atoms with Gasteiger partial charge < -0.3 is 51.9 Å². The minimum Gasteiger partial charge on any atom is -0.396 e. The molecule has 3 rings (SSSR count). The largest absolute Gasteiger partial charge is 0.396 e. The smallest absolute Gasteiger partial charge is 0.284 e. The molecule has 0 fully saturated rings. The monoisotopic (exact) mass is 746 g/mol. The minimum atomic E-state index is -3.98. The molecule has 0 aliphatic carbocycles. The van der Waals surface area contributed by atoms with E-state index >= 15 is 0 Å². The first-order chi connectivity index (χ1) is 24.0. The summed E-state index contributed by atoms with van der Waals surface area (Å²) >= 11 is -2.23. The molecule has 0 saturated carbocycles. The van der Waals surface area contributed by atoms with E-state index in [2.05, 4.69) is 76.7 Å². The Balaban J connectivity index is 1.91. The maximum absolute atomic E-state index is 12.0. The van der Waals surface area contributed by atoms with Crippen LogP contribution >= 0.6 is 0 Å². The average Bonchev–Trinajstić information content (AvgIpc) is 3.08. The van der Waals surface area contributed by atoms with Crippen molar-refractivity contribution in [1.82, 2.24) is 29.9 Å². The molecule has 0 spiro atoms. The molecular weight excluding hydrogens is 708 g/mol. The van der Waals surface area contributed by atoms with Gasteiger partial charge in [-0.3, -0.25) is 0 Å². The van der Waals surface area contributed by atoms with Gasteiger partial charge in [-0.15, -0.1) is 9.32 Å². The zero-order valence-corrected chi connectivity index (χ0v) is 27.9. The fourth-order valence-electron chi connectivity index (χ4n) is 3.81. The Bertz CT molecular complexity index is 1670. The lowest BCUT2D eigenvalue weighted by Crippen LogP contribution is -2.32. The van der Waals surface area contributed by atoms with Crippen LogP contribution in [0.4, 0.5) is 47.1 Å². The van der Waals surface area contributed by atoms with E-state index in [1.165, 1.54) is 4.90 Å². The summed E-state index contributed by atoms with van der Waals surface area (Å²) in [6, 6.07) is 6.04. The van der Waals surface area contributed by atoms with Gasteiger partial charge in [0, 0.05) is 37.6 Å². The van der Waals surface area contributed by atoms with Gasteiger partial charge in [0.15, 0.2) is 0 Å². The van der Waals surface area contributed by atoms with Crippen LogP contribution in [-0.2, 0) is 34.8 Å². The summed E-state index contributed by atoms with van der Waals surface area (Å²) < 4.78 is 43.6. The fraction of sp³-hybridized carbons (Fsp3) is 0.417. The van der Waals surface area contributed by atoms with Crippen LogP contribution in [0.15, 0.2) is 35.9 Å². The van der Waals surface area contributed by atoms with Crippen LogP contribution in [0.3, 0.4) is 0 Å². The number of nitrogens with zero attached hydrogens (tertiary/aromatic N) is 7. The third-order valence-electron chi connectivity index (χ3n) is 6.02. The summed E-state index contributed by atoms with van der Waals surface area (Å²) in [5.41, 5.74) is 0.890. The van der Waals surface area contributed by atoms with E-state index in [0.717, 1.165) is 0 Å². The molecule has 1 aromatic carbocycles. The van der Waals surface area contributed by atoms with Gasteiger partial charge in [0.1, 0.15) is 5.03 Å². The van der Waals surface area contributed by atoms with Crippen molar-refractivity contribution < 1.29 is 46.7 Å². The first kappa shape index (κ1) is 40.0. The Morgan fingerprint density at radius 2 is 1.50 bits per heavy atom. The SMILES string of the molecule is C=C(Nc1nc(Nc2cccc(Nc3nc(NCCS(=O)(=O)ON)nc(N(CCO)CCO)n3)c2)nc(NC(CO)CCO)n1)S(=O)OON. The highest BCUT2D eigenvalue weighted by atomic mass is 32.2. The number of anilines is 8. The Morgan fingerprint density at radius 1 is 0.900 bits per heavy atom. The fourth-order valence-corrected chi connectivity index (χ4v) is 4.58. The van der Waals surface area contributed by atoms with Crippen LogP contribution in [0.1, 0.15) is 6.42 Å². The summed E-state index contributed by atoms with van der Waals surface area (Å²) in [5, 5.41) is 52.0. The highest BCUT2D eigenvalue weighted by molar-refractivity contribution is 7.86. The van der Waals surface area contributed by atoms with Crippen molar-refractivity contribution in [3.05, 3.63) is 35.9 Å². The number of nitrogens with two attached hydrogens (primary N) is 2. The zero-order valence-electron chi connectivity index (χ0n) is 26.3. The second-order valence-corrected chi connectivity index (χ2v) is 12.4. The number of rotatable bonds is 24. The van der Waals surface area contributed by atoms with Crippen molar-refractivity contribution in [1.29, 1.82) is 0 Å². The highest BCUT2D eigenvalue weighted by Gasteiger charge is 2.17. The van der Waals surface area contributed by atoms with Crippen molar-refractivity contribution in [2.75, 3.05) is 83.3 Å². The van der Waals surface area contributed by atoms with E-state index in [4.69, 9.17) is 11.8 Å². The van der Waals surface area contributed by atoms with Gasteiger partial charge in [-0.25, -0.2) is 4.21 Å². The predicted molar refractivity (Wildman–Crippen MR) is 180 cm³/mol. The van der Waals surface area contributed by atoms with Crippen molar-refractivity contribution in [3.63, 3.8) is 0 Å². The van der Waals surface area contributed by atoms with E-state index in [-0.39, 0.29) is 93.2 Å². The van der Waals surface area contributed by atoms with Gasteiger partial charge in [-0.2, -0.15) is 54.4 Å². The molecule has 0 radical (unpaired) electrons. The van der Waals surface area contributed by atoms with Crippen molar-refractivity contribution >= 4 is 68.3 Å². The van der Waals surface area contributed by atoms with Crippen molar-refractivity contribution in [3.8, 4) is 0 Å². The summed E-state index contributed by atoms with van der Waals surface area (Å²) in [6.45, 7) is 2.43. The van der Waals surface area contributed by atoms with Crippen LogP contribution < -0.4 is 43.3 Å². The second-order valence-electron chi connectivity index (χ2n) is 9.62. The van der Waals surface area contributed by atoms with Crippen LogP contribution in [-0.4, -0.2) is 121 Å². The van der Waals surface area contributed by atoms with Crippen molar-refractivity contribution in [2.24, 2.45) is 11.8 Å². The molecule has 24 nitrogen and oxygen atoms in total. The van der Waals surface area contributed by atoms with Gasteiger partial charge in [0.05, 0.1) is 31.6 Å². The topological polar surface area (TPSA) is 353 Å².